The molecule has 0 aromatic heterocycles. The number of rotatable bonds is 46. The summed E-state index contributed by atoms with van der Waals surface area (Å²) in [5.41, 5.74) is 0. The molecule has 0 heterocycles. The van der Waals surface area contributed by atoms with E-state index in [9.17, 15) is 19.0 Å². The largest absolute Gasteiger partial charge is 0.756 e. The number of ether oxygens (including phenoxy) is 1. The second-order valence-corrected chi connectivity index (χ2v) is 20.1. The molecule has 0 aliphatic rings. The van der Waals surface area contributed by atoms with E-state index in [2.05, 4.69) is 50.4 Å². The number of allylic oxidation sites excluding steroid dienone is 5. The van der Waals surface area contributed by atoms with Gasteiger partial charge < -0.3 is 28.5 Å². The molecule has 62 heavy (non-hydrogen) atoms. The lowest BCUT2D eigenvalue weighted by Gasteiger charge is -2.30. The summed E-state index contributed by atoms with van der Waals surface area (Å²) in [6.45, 7) is 6.76. The lowest BCUT2D eigenvalue weighted by molar-refractivity contribution is -0.870. The molecule has 0 saturated heterocycles. The molecule has 1 amide bonds. The molecule has 0 bridgehead atoms. The van der Waals surface area contributed by atoms with E-state index in [0.29, 0.717) is 23.9 Å². The monoisotopic (exact) mass is 895 g/mol. The van der Waals surface area contributed by atoms with Crippen LogP contribution in [0, 0.1) is 0 Å². The van der Waals surface area contributed by atoms with Crippen molar-refractivity contribution in [1.29, 1.82) is 0 Å². The molecule has 0 fully saturated rings. The Kier molecular flexibility index (Phi) is 41.9. The van der Waals surface area contributed by atoms with Crippen LogP contribution in [0.5, 0.6) is 0 Å². The van der Waals surface area contributed by atoms with Crippen LogP contribution in [0.3, 0.4) is 0 Å². The van der Waals surface area contributed by atoms with Crippen molar-refractivity contribution in [2.24, 2.45) is 0 Å². The Morgan fingerprint density at radius 1 is 0.548 bits per heavy atom. The third kappa shape index (κ3) is 43.5. The highest BCUT2D eigenvalue weighted by atomic mass is 31.2. The van der Waals surface area contributed by atoms with Crippen LogP contribution in [0.15, 0.2) is 36.5 Å². The molecule has 9 nitrogen and oxygen atoms in total. The molecule has 0 aliphatic heterocycles. The lowest BCUT2D eigenvalue weighted by atomic mass is 10.1. The number of nitrogens with zero attached hydrogens (tertiary/aromatic N) is 1. The van der Waals surface area contributed by atoms with Crippen LogP contribution >= 0.6 is 7.82 Å². The van der Waals surface area contributed by atoms with Gasteiger partial charge in [0.15, 0.2) is 0 Å². The third-order valence-electron chi connectivity index (χ3n) is 11.3. The number of hydrogen-bond acceptors (Lipinski definition) is 7. The van der Waals surface area contributed by atoms with Crippen molar-refractivity contribution in [3.8, 4) is 0 Å². The van der Waals surface area contributed by atoms with E-state index in [4.69, 9.17) is 13.8 Å². The Bertz CT molecular complexity index is 1170. The minimum absolute atomic E-state index is 0.0253. The van der Waals surface area contributed by atoms with E-state index in [1.54, 1.807) is 0 Å². The molecule has 364 valence electrons. The molecule has 0 saturated carbocycles. The van der Waals surface area contributed by atoms with E-state index in [1.807, 2.05) is 33.3 Å². The van der Waals surface area contributed by atoms with Crippen LogP contribution in [-0.2, 0) is 27.9 Å². The van der Waals surface area contributed by atoms with E-state index in [0.717, 1.165) is 89.9 Å². The molecule has 3 atom stereocenters. The fourth-order valence-corrected chi connectivity index (χ4v) is 7.92. The predicted octanol–water partition coefficient (Wildman–Crippen LogP) is 14.2. The first-order chi connectivity index (χ1) is 29.9. The number of quaternary nitrogens is 1. The first kappa shape index (κ1) is 60.2. The number of unbranched alkanes of at least 4 members (excludes halogenated alkanes) is 26. The van der Waals surface area contributed by atoms with Crippen molar-refractivity contribution >= 4 is 19.7 Å². The van der Waals surface area contributed by atoms with Crippen molar-refractivity contribution < 1.29 is 37.3 Å². The van der Waals surface area contributed by atoms with Crippen LogP contribution < -0.4 is 10.2 Å². The average Bonchev–Trinajstić information content (AvgIpc) is 3.22. The maximum Gasteiger partial charge on any atom is 0.306 e. The Hall–Kier alpha value is -1.77. The number of carbonyl (C=O) groups is 2. The molecule has 10 heteroatoms. The van der Waals surface area contributed by atoms with Gasteiger partial charge in [0.05, 0.1) is 33.8 Å². The zero-order valence-corrected chi connectivity index (χ0v) is 42.2. The number of carbonyl (C=O) groups excluding carboxylic acids is 2. The maximum atomic E-state index is 13.4. The Labute approximate surface area is 383 Å². The zero-order valence-electron chi connectivity index (χ0n) is 41.3. The van der Waals surface area contributed by atoms with Crippen molar-refractivity contribution in [3.63, 3.8) is 0 Å². The molecule has 3 unspecified atom stereocenters. The zero-order chi connectivity index (χ0) is 45.8. The van der Waals surface area contributed by atoms with Crippen molar-refractivity contribution in [2.45, 2.75) is 245 Å². The number of phosphoric acid groups is 1. The summed E-state index contributed by atoms with van der Waals surface area (Å²) < 4.78 is 30.0. The Morgan fingerprint density at radius 2 is 0.952 bits per heavy atom. The van der Waals surface area contributed by atoms with Gasteiger partial charge in [0, 0.05) is 12.8 Å². The smallest absolute Gasteiger partial charge is 0.306 e. The van der Waals surface area contributed by atoms with Gasteiger partial charge in [0.2, 0.25) is 5.91 Å². The molecular formula is C52H99N2O7P. The minimum atomic E-state index is -4.69. The van der Waals surface area contributed by atoms with E-state index >= 15 is 0 Å². The summed E-state index contributed by atoms with van der Waals surface area (Å²) in [5, 5.41) is 2.99. The summed E-state index contributed by atoms with van der Waals surface area (Å²) in [4.78, 5) is 39.6. The Morgan fingerprint density at radius 3 is 1.44 bits per heavy atom. The van der Waals surface area contributed by atoms with E-state index in [1.165, 1.54) is 103 Å². The molecule has 1 N–H and O–H groups in total. The summed E-state index contributed by atoms with van der Waals surface area (Å²) in [5.74, 6) is -0.571. The van der Waals surface area contributed by atoms with Crippen LogP contribution in [0.2, 0.25) is 0 Å². The fourth-order valence-electron chi connectivity index (χ4n) is 7.20. The number of likely N-dealkylation sites (N-methyl/N-ethyl adjacent to an activating group) is 1. The number of amides is 1. The molecule has 0 spiro atoms. The molecule has 0 aliphatic carbocycles. The molecule has 0 radical (unpaired) electrons. The highest BCUT2D eigenvalue weighted by molar-refractivity contribution is 7.45. The van der Waals surface area contributed by atoms with Gasteiger partial charge in [0.25, 0.3) is 7.82 Å². The summed E-state index contributed by atoms with van der Waals surface area (Å²) in [6, 6.07) is -0.893. The third-order valence-corrected chi connectivity index (χ3v) is 12.3. The van der Waals surface area contributed by atoms with Gasteiger partial charge in [0.1, 0.15) is 19.3 Å². The normalized spacial score (nSPS) is 14.2. The molecular weight excluding hydrogens is 796 g/mol. The SMILES string of the molecule is CCCC/C=C\CCCCCCCC(=O)NC(COP(=O)([O-])OCC[N+](C)(C)C)C(/C=C/CCCCCCCCCCC)OC(=O)CCCCC/C=C\CCCCCCCCC. The van der Waals surface area contributed by atoms with Gasteiger partial charge in [-0.15, -0.1) is 0 Å². The second kappa shape index (κ2) is 43.1. The average molecular weight is 895 g/mol. The number of esters is 1. The van der Waals surface area contributed by atoms with Gasteiger partial charge in [-0.2, -0.15) is 0 Å². The lowest BCUT2D eigenvalue weighted by Crippen LogP contribution is -2.47. The highest BCUT2D eigenvalue weighted by Crippen LogP contribution is 2.38. The first-order valence-corrected chi connectivity index (χ1v) is 27.3. The predicted molar refractivity (Wildman–Crippen MR) is 261 cm³/mol. The Balaban J connectivity index is 5.45. The van der Waals surface area contributed by atoms with Gasteiger partial charge in [-0.1, -0.05) is 180 Å². The standard InChI is InChI=1S/C52H99N2O7P/c1-7-10-13-16-19-22-25-26-27-30-33-36-39-42-45-52(56)61-50(43-40-37-34-31-28-23-20-17-14-11-8-2)49(48-60-62(57,58)59-47-46-54(4,5)6)53-51(55)44-41-38-35-32-29-24-21-18-15-12-9-3/h18,21,27,30,40,43,49-50H,7-17,19-20,22-26,28-29,31-39,41-42,44-48H2,1-6H3,(H-,53,55,57,58)/b21-18-,30-27-,43-40+. The first-order valence-electron chi connectivity index (χ1n) is 25.8. The molecule has 0 rings (SSSR count). The van der Waals surface area contributed by atoms with Crippen LogP contribution in [-0.4, -0.2) is 69.4 Å². The van der Waals surface area contributed by atoms with Gasteiger partial charge in [-0.25, -0.2) is 0 Å². The summed E-state index contributed by atoms with van der Waals surface area (Å²) in [6.07, 6.45) is 48.2. The number of nitrogens with one attached hydrogen (secondary N) is 1. The van der Waals surface area contributed by atoms with Gasteiger partial charge in [-0.3, -0.25) is 14.2 Å². The van der Waals surface area contributed by atoms with Crippen molar-refractivity contribution in [3.05, 3.63) is 36.5 Å². The van der Waals surface area contributed by atoms with Gasteiger partial charge in [-0.05, 0) is 76.7 Å². The summed E-state index contributed by atoms with van der Waals surface area (Å²) in [7, 11) is 1.17. The minimum Gasteiger partial charge on any atom is -0.756 e. The number of phosphoric ester groups is 1. The van der Waals surface area contributed by atoms with Crippen LogP contribution in [0.4, 0.5) is 0 Å². The number of hydrogen-bond donors (Lipinski definition) is 1. The van der Waals surface area contributed by atoms with Crippen molar-refractivity contribution in [2.75, 3.05) is 40.9 Å². The van der Waals surface area contributed by atoms with Crippen LogP contribution in [0.1, 0.15) is 233 Å². The summed E-state index contributed by atoms with van der Waals surface area (Å²) >= 11 is 0. The fraction of sp³-hybridized carbons (Fsp3) is 0.846. The van der Waals surface area contributed by atoms with Crippen molar-refractivity contribution in [1.82, 2.24) is 5.32 Å². The molecule has 0 aromatic carbocycles. The van der Waals surface area contributed by atoms with Crippen LogP contribution in [0.25, 0.3) is 0 Å². The van der Waals surface area contributed by atoms with E-state index < -0.39 is 26.6 Å². The molecule has 0 aromatic rings. The highest BCUT2D eigenvalue weighted by Gasteiger charge is 2.27. The van der Waals surface area contributed by atoms with E-state index in [-0.39, 0.29) is 24.9 Å². The topological polar surface area (TPSA) is 114 Å². The second-order valence-electron chi connectivity index (χ2n) is 18.7. The van der Waals surface area contributed by atoms with Gasteiger partial charge >= 0.3 is 5.97 Å². The quantitative estimate of drug-likeness (QED) is 0.0213. The maximum absolute atomic E-state index is 13.4.